The maximum Gasteiger partial charge on any atom is 0.132 e. The van der Waals surface area contributed by atoms with Gasteiger partial charge in [-0.3, -0.25) is 0 Å². The van der Waals surface area contributed by atoms with Crippen molar-refractivity contribution in [2.75, 3.05) is 6.61 Å². The van der Waals surface area contributed by atoms with Gasteiger partial charge in [0.15, 0.2) is 0 Å². The lowest BCUT2D eigenvalue weighted by Crippen LogP contribution is -2.03. The largest absolute Gasteiger partial charge is 0.493 e. The summed E-state index contributed by atoms with van der Waals surface area (Å²) in [7, 11) is 0. The van der Waals surface area contributed by atoms with Crippen LogP contribution in [-0.2, 0) is 0 Å². The Kier molecular flexibility index (Phi) is 4.97. The zero-order valence-corrected chi connectivity index (χ0v) is 11.7. The quantitative estimate of drug-likeness (QED) is 0.807. The Morgan fingerprint density at radius 3 is 2.75 bits per heavy atom. The molecule has 3 nitrogen and oxygen atoms in total. The van der Waals surface area contributed by atoms with E-state index in [1.807, 2.05) is 36.4 Å². The summed E-state index contributed by atoms with van der Waals surface area (Å²) in [6.07, 6.45) is 1.68. The molecular formula is C17H19NO2. The lowest BCUT2D eigenvalue weighted by molar-refractivity contribution is 0.191. The Balaban J connectivity index is 2.23. The summed E-state index contributed by atoms with van der Waals surface area (Å²) in [4.78, 5) is 0. The maximum atomic E-state index is 9.88. The summed E-state index contributed by atoms with van der Waals surface area (Å²) in [6.45, 7) is 2.31. The van der Waals surface area contributed by atoms with Gasteiger partial charge in [-0.25, -0.2) is 0 Å². The molecule has 3 heteroatoms. The highest BCUT2D eigenvalue weighted by molar-refractivity contribution is 5.89. The number of unbranched alkanes of at least 4 members (excludes halogenated alkanes) is 2. The van der Waals surface area contributed by atoms with E-state index >= 15 is 0 Å². The molecule has 0 aliphatic rings. The number of aliphatic hydroxyl groups is 1. The number of aliphatic hydroxyl groups excluding tert-OH is 1. The zero-order valence-electron chi connectivity index (χ0n) is 11.7. The highest BCUT2D eigenvalue weighted by atomic mass is 16.5. The van der Waals surface area contributed by atoms with Crippen LogP contribution in [0, 0.1) is 11.3 Å². The average Bonchev–Trinajstić information content (AvgIpc) is 2.46. The van der Waals surface area contributed by atoms with Crippen molar-refractivity contribution >= 4 is 10.8 Å². The van der Waals surface area contributed by atoms with Crippen LogP contribution in [-0.4, -0.2) is 11.7 Å². The van der Waals surface area contributed by atoms with Crippen molar-refractivity contribution in [2.24, 2.45) is 0 Å². The van der Waals surface area contributed by atoms with Crippen molar-refractivity contribution in [3.05, 3.63) is 42.0 Å². The Morgan fingerprint density at radius 2 is 2.00 bits per heavy atom. The summed E-state index contributed by atoms with van der Waals surface area (Å²) in [5.41, 5.74) is 0.809. The van der Waals surface area contributed by atoms with Crippen LogP contribution >= 0.6 is 0 Å². The van der Waals surface area contributed by atoms with Gasteiger partial charge < -0.3 is 9.84 Å². The lowest BCUT2D eigenvalue weighted by atomic mass is 10.0. The summed E-state index contributed by atoms with van der Waals surface area (Å²) < 4.78 is 5.89. The molecule has 0 amide bonds. The molecule has 0 bridgehead atoms. The Bertz CT molecular complexity index is 614. The minimum atomic E-state index is -0.561. The topological polar surface area (TPSA) is 53.2 Å². The normalized spacial score (nSPS) is 12.1. The standard InChI is InChI=1S/C17H19NO2/c1-13(19)15-10-9-14-7-3-4-8-16(14)17(15)20-12-6-2-5-11-18/h3-4,7-10,13,19H,2,5-6,12H2,1H3/t13-/m0/s1. The fraction of sp³-hybridized carbons (Fsp3) is 0.353. The molecular weight excluding hydrogens is 250 g/mol. The van der Waals surface area contributed by atoms with Gasteiger partial charge in [0, 0.05) is 17.4 Å². The molecule has 104 valence electrons. The van der Waals surface area contributed by atoms with Crippen molar-refractivity contribution in [3.63, 3.8) is 0 Å². The van der Waals surface area contributed by atoms with Gasteiger partial charge in [0.2, 0.25) is 0 Å². The third kappa shape index (κ3) is 3.28. The minimum absolute atomic E-state index is 0.558. The number of nitrogens with zero attached hydrogens (tertiary/aromatic N) is 1. The van der Waals surface area contributed by atoms with Crippen LogP contribution in [0.25, 0.3) is 10.8 Å². The summed E-state index contributed by atoms with van der Waals surface area (Å²) in [6, 6.07) is 14.0. The number of hydrogen-bond acceptors (Lipinski definition) is 3. The summed E-state index contributed by atoms with van der Waals surface area (Å²) in [5, 5.41) is 20.5. The predicted molar refractivity (Wildman–Crippen MR) is 79.5 cm³/mol. The minimum Gasteiger partial charge on any atom is -0.493 e. The van der Waals surface area contributed by atoms with E-state index in [1.54, 1.807) is 6.92 Å². The fourth-order valence-corrected chi connectivity index (χ4v) is 2.23. The van der Waals surface area contributed by atoms with Gasteiger partial charge in [-0.2, -0.15) is 5.26 Å². The van der Waals surface area contributed by atoms with E-state index in [2.05, 4.69) is 6.07 Å². The van der Waals surface area contributed by atoms with E-state index in [-0.39, 0.29) is 0 Å². The van der Waals surface area contributed by atoms with E-state index in [1.165, 1.54) is 0 Å². The monoisotopic (exact) mass is 269 g/mol. The number of ether oxygens (including phenoxy) is 1. The van der Waals surface area contributed by atoms with Gasteiger partial charge in [0.05, 0.1) is 18.8 Å². The molecule has 0 spiro atoms. The molecule has 0 fully saturated rings. The molecule has 2 aromatic rings. The molecule has 0 unspecified atom stereocenters. The van der Waals surface area contributed by atoms with Crippen LogP contribution in [0.15, 0.2) is 36.4 Å². The average molecular weight is 269 g/mol. The smallest absolute Gasteiger partial charge is 0.132 e. The summed E-state index contributed by atoms with van der Waals surface area (Å²) in [5.74, 6) is 0.759. The van der Waals surface area contributed by atoms with E-state index in [0.717, 1.165) is 34.9 Å². The van der Waals surface area contributed by atoms with Gasteiger partial charge in [-0.1, -0.05) is 36.4 Å². The SMILES string of the molecule is C[C@H](O)c1ccc2ccccc2c1OCCCCC#N. The number of benzene rings is 2. The lowest BCUT2D eigenvalue weighted by Gasteiger charge is -2.16. The zero-order chi connectivity index (χ0) is 14.4. The molecule has 0 aromatic heterocycles. The molecule has 0 saturated heterocycles. The van der Waals surface area contributed by atoms with Crippen molar-refractivity contribution in [2.45, 2.75) is 32.3 Å². The second-order valence-electron chi connectivity index (χ2n) is 4.84. The van der Waals surface area contributed by atoms with Crippen LogP contribution in [0.4, 0.5) is 0 Å². The molecule has 2 rings (SSSR count). The molecule has 20 heavy (non-hydrogen) atoms. The number of rotatable bonds is 6. The van der Waals surface area contributed by atoms with Crippen LogP contribution < -0.4 is 4.74 Å². The van der Waals surface area contributed by atoms with E-state index in [4.69, 9.17) is 10.00 Å². The van der Waals surface area contributed by atoms with Crippen LogP contribution in [0.1, 0.15) is 37.9 Å². The van der Waals surface area contributed by atoms with Crippen LogP contribution in [0.3, 0.4) is 0 Å². The maximum absolute atomic E-state index is 9.88. The van der Waals surface area contributed by atoms with E-state index < -0.39 is 6.10 Å². The molecule has 1 atom stereocenters. The van der Waals surface area contributed by atoms with Crippen LogP contribution in [0.2, 0.25) is 0 Å². The second-order valence-corrected chi connectivity index (χ2v) is 4.84. The number of nitriles is 1. The molecule has 0 aliphatic heterocycles. The Morgan fingerprint density at radius 1 is 1.20 bits per heavy atom. The Hall–Kier alpha value is -2.05. The van der Waals surface area contributed by atoms with Crippen LogP contribution in [0.5, 0.6) is 5.75 Å². The summed E-state index contributed by atoms with van der Waals surface area (Å²) >= 11 is 0. The first-order valence-electron chi connectivity index (χ1n) is 6.93. The van der Waals surface area contributed by atoms with Crippen molar-refractivity contribution < 1.29 is 9.84 Å². The second kappa shape index (κ2) is 6.93. The first-order chi connectivity index (χ1) is 9.74. The fourth-order valence-electron chi connectivity index (χ4n) is 2.23. The van der Waals surface area contributed by atoms with E-state index in [9.17, 15) is 5.11 Å². The number of hydrogen-bond donors (Lipinski definition) is 1. The highest BCUT2D eigenvalue weighted by Crippen LogP contribution is 2.33. The molecule has 0 radical (unpaired) electrons. The van der Waals surface area contributed by atoms with Gasteiger partial charge in [0.25, 0.3) is 0 Å². The van der Waals surface area contributed by atoms with Gasteiger partial charge in [0.1, 0.15) is 5.75 Å². The van der Waals surface area contributed by atoms with Crippen molar-refractivity contribution in [1.29, 1.82) is 5.26 Å². The Labute approximate surface area is 119 Å². The van der Waals surface area contributed by atoms with Gasteiger partial charge >= 0.3 is 0 Å². The molecule has 0 heterocycles. The molecule has 1 N–H and O–H groups in total. The highest BCUT2D eigenvalue weighted by Gasteiger charge is 2.12. The van der Waals surface area contributed by atoms with Gasteiger partial charge in [-0.15, -0.1) is 0 Å². The predicted octanol–water partition coefficient (Wildman–Crippen LogP) is 3.97. The number of fused-ring (bicyclic) bond motifs is 1. The molecule has 0 saturated carbocycles. The molecule has 2 aromatic carbocycles. The third-order valence-corrected chi connectivity index (χ3v) is 3.29. The molecule has 0 aliphatic carbocycles. The van der Waals surface area contributed by atoms with Crippen molar-refractivity contribution in [3.8, 4) is 11.8 Å². The van der Waals surface area contributed by atoms with Gasteiger partial charge in [-0.05, 0) is 25.2 Å². The van der Waals surface area contributed by atoms with Crippen molar-refractivity contribution in [1.82, 2.24) is 0 Å². The first-order valence-corrected chi connectivity index (χ1v) is 6.93. The third-order valence-electron chi connectivity index (χ3n) is 3.29. The first kappa shape index (κ1) is 14.4. The van der Waals surface area contributed by atoms with E-state index in [0.29, 0.717) is 13.0 Å².